The van der Waals surface area contributed by atoms with Crippen LogP contribution in [0, 0.1) is 18.3 Å². The third-order valence-electron chi connectivity index (χ3n) is 8.84. The van der Waals surface area contributed by atoms with Crippen LogP contribution in [0.25, 0.3) is 0 Å². The topological polar surface area (TPSA) is 134 Å². The zero-order chi connectivity index (χ0) is 34.7. The van der Waals surface area contributed by atoms with Crippen LogP contribution in [0.15, 0.2) is 90.6 Å². The first kappa shape index (κ1) is 36.1. The lowest BCUT2D eigenvalue weighted by atomic mass is 9.71. The van der Waals surface area contributed by atoms with E-state index in [-0.39, 0.29) is 18.2 Å². The van der Waals surface area contributed by atoms with Crippen molar-refractivity contribution in [2.45, 2.75) is 51.9 Å². The van der Waals surface area contributed by atoms with E-state index in [1.807, 2.05) is 73.7 Å². The number of hydrogen-bond acceptors (Lipinski definition) is 10. The van der Waals surface area contributed by atoms with Crippen molar-refractivity contribution in [1.29, 1.82) is 0 Å². The predicted octanol–water partition coefficient (Wildman–Crippen LogP) is 5.59. The largest absolute Gasteiger partial charge is 0.489 e. The number of carbonyl (C=O) groups excluding carboxylic acids is 2. The van der Waals surface area contributed by atoms with Crippen LogP contribution in [0.1, 0.15) is 42.0 Å². The number of oxime groups is 1. The van der Waals surface area contributed by atoms with E-state index in [1.165, 1.54) is 27.7 Å². The molecule has 0 radical (unpaired) electrons. The van der Waals surface area contributed by atoms with E-state index in [9.17, 15) is 14.7 Å². The summed E-state index contributed by atoms with van der Waals surface area (Å²) >= 11 is 5.96. The second-order valence-electron chi connectivity index (χ2n) is 11.7. The Labute approximate surface area is 285 Å². The number of para-hydroxylation sites is 1. The summed E-state index contributed by atoms with van der Waals surface area (Å²) in [4.78, 5) is 33.1. The van der Waals surface area contributed by atoms with Crippen molar-refractivity contribution in [2.75, 3.05) is 21.3 Å². The molecule has 1 saturated carbocycles. The SMILES string of the molecule is CO/N=C(/C(=O)OC)c1ccccc1COc1ccccc1C.COC(=O)C1(C)CCC(Cc2ccc(Cl)cc2)C1(O)Cn1cncn1. The van der Waals surface area contributed by atoms with Crippen LogP contribution in [0.2, 0.25) is 5.02 Å². The Morgan fingerprint density at radius 2 is 1.73 bits per heavy atom. The van der Waals surface area contributed by atoms with Crippen molar-refractivity contribution in [3.8, 4) is 5.75 Å². The zero-order valence-corrected chi connectivity index (χ0v) is 28.5. The van der Waals surface area contributed by atoms with Gasteiger partial charge in [0, 0.05) is 10.6 Å². The standard InChI is InChI=1S/C18H22ClN3O3.C18H19NO4/c1-17(16(23)25-2)8-7-14(9-13-3-5-15(19)6-4-13)18(17,24)10-22-12-20-11-21-22;1-13-8-4-7-11-16(13)23-12-14-9-5-6-10-15(14)17(19-22-3)18(20)21-2/h3-6,11-12,14,24H,7-10H2,1-2H3;4-11H,12H2,1-3H3/b;19-17+. The van der Waals surface area contributed by atoms with E-state index in [0.29, 0.717) is 30.0 Å². The fraction of sp³-hybridized carbons (Fsp3) is 0.361. The number of ether oxygens (including phenoxy) is 3. The number of benzene rings is 3. The van der Waals surface area contributed by atoms with Gasteiger partial charge in [-0.05, 0) is 73.9 Å². The lowest BCUT2D eigenvalue weighted by Crippen LogP contribution is -2.54. The second-order valence-corrected chi connectivity index (χ2v) is 12.2. The molecule has 1 aromatic heterocycles. The van der Waals surface area contributed by atoms with Gasteiger partial charge in [0.1, 0.15) is 37.7 Å². The molecule has 1 aliphatic rings. The van der Waals surface area contributed by atoms with Crippen LogP contribution in [-0.4, -0.2) is 64.5 Å². The maximum atomic E-state index is 12.5. The molecule has 1 fully saturated rings. The minimum Gasteiger partial charge on any atom is -0.489 e. The molecule has 48 heavy (non-hydrogen) atoms. The number of aliphatic hydroxyl groups is 1. The molecule has 1 heterocycles. The number of halogens is 1. The van der Waals surface area contributed by atoms with Gasteiger partial charge in [0.15, 0.2) is 5.71 Å². The van der Waals surface area contributed by atoms with E-state index in [1.54, 1.807) is 24.0 Å². The summed E-state index contributed by atoms with van der Waals surface area (Å²) in [5.74, 6) is -0.267. The van der Waals surface area contributed by atoms with Gasteiger partial charge >= 0.3 is 11.9 Å². The first-order valence-electron chi connectivity index (χ1n) is 15.4. The highest BCUT2D eigenvalue weighted by molar-refractivity contribution is 6.43. The number of methoxy groups -OCH3 is 2. The third-order valence-corrected chi connectivity index (χ3v) is 9.09. The van der Waals surface area contributed by atoms with Crippen molar-refractivity contribution in [2.24, 2.45) is 16.5 Å². The fourth-order valence-electron chi connectivity index (χ4n) is 6.05. The molecule has 3 aromatic carbocycles. The van der Waals surface area contributed by atoms with Crippen molar-refractivity contribution in [3.05, 3.63) is 113 Å². The maximum Gasteiger partial charge on any atom is 0.360 e. The van der Waals surface area contributed by atoms with Crippen LogP contribution in [0.4, 0.5) is 0 Å². The first-order chi connectivity index (χ1) is 23.1. The summed E-state index contributed by atoms with van der Waals surface area (Å²) in [5.41, 5.74) is 1.38. The molecular formula is C36H41ClN4O7. The molecule has 0 saturated heterocycles. The molecule has 0 aliphatic heterocycles. The van der Waals surface area contributed by atoms with Gasteiger partial charge in [0.05, 0.1) is 26.2 Å². The van der Waals surface area contributed by atoms with Gasteiger partial charge in [-0.3, -0.25) is 9.48 Å². The van der Waals surface area contributed by atoms with Crippen LogP contribution in [0.3, 0.4) is 0 Å². The number of carbonyl (C=O) groups is 2. The molecule has 0 bridgehead atoms. The number of esters is 2. The Bertz CT molecular complexity index is 1700. The molecule has 254 valence electrons. The molecule has 1 N–H and O–H groups in total. The van der Waals surface area contributed by atoms with E-state index >= 15 is 0 Å². The Balaban J connectivity index is 0.000000218. The summed E-state index contributed by atoms with van der Waals surface area (Å²) in [6.07, 6.45) is 4.90. The van der Waals surface area contributed by atoms with Crippen LogP contribution in [-0.2, 0) is 43.5 Å². The highest BCUT2D eigenvalue weighted by atomic mass is 35.5. The maximum absolute atomic E-state index is 12.5. The predicted molar refractivity (Wildman–Crippen MR) is 180 cm³/mol. The fourth-order valence-corrected chi connectivity index (χ4v) is 6.17. The van der Waals surface area contributed by atoms with Gasteiger partial charge in [0.25, 0.3) is 0 Å². The molecule has 4 aromatic rings. The third kappa shape index (κ3) is 8.21. The number of hydrogen-bond donors (Lipinski definition) is 1. The van der Waals surface area contributed by atoms with Crippen LogP contribution >= 0.6 is 11.6 Å². The smallest absolute Gasteiger partial charge is 0.360 e. The lowest BCUT2D eigenvalue weighted by molar-refractivity contribution is -0.173. The van der Waals surface area contributed by atoms with Gasteiger partial charge in [-0.1, -0.05) is 71.4 Å². The summed E-state index contributed by atoms with van der Waals surface area (Å²) < 4.78 is 17.2. The second kappa shape index (κ2) is 16.4. The highest BCUT2D eigenvalue weighted by Crippen LogP contribution is 2.52. The van der Waals surface area contributed by atoms with Gasteiger partial charge in [-0.2, -0.15) is 5.10 Å². The number of nitrogens with zero attached hydrogens (tertiary/aromatic N) is 4. The summed E-state index contributed by atoms with van der Waals surface area (Å²) in [6.45, 7) is 4.25. The number of rotatable bonds is 11. The van der Waals surface area contributed by atoms with Crippen molar-refractivity contribution in [1.82, 2.24) is 14.8 Å². The molecule has 0 amide bonds. The molecular weight excluding hydrogens is 636 g/mol. The normalized spacial score (nSPS) is 20.3. The summed E-state index contributed by atoms with van der Waals surface area (Å²) in [7, 11) is 4.05. The van der Waals surface area contributed by atoms with Crippen molar-refractivity contribution in [3.63, 3.8) is 0 Å². The van der Waals surface area contributed by atoms with E-state index < -0.39 is 23.0 Å². The average molecular weight is 677 g/mol. The molecule has 12 heteroatoms. The van der Waals surface area contributed by atoms with E-state index in [0.717, 1.165) is 28.9 Å². The Hall–Kier alpha value is -4.74. The molecule has 5 rings (SSSR count). The Kier molecular flexibility index (Phi) is 12.3. The molecule has 3 atom stereocenters. The quantitative estimate of drug-likeness (QED) is 0.123. The molecule has 11 nitrogen and oxygen atoms in total. The zero-order valence-electron chi connectivity index (χ0n) is 27.8. The van der Waals surface area contributed by atoms with Crippen LogP contribution < -0.4 is 4.74 Å². The van der Waals surface area contributed by atoms with E-state index in [2.05, 4.69) is 15.2 Å². The highest BCUT2D eigenvalue weighted by Gasteiger charge is 2.61. The van der Waals surface area contributed by atoms with Crippen molar-refractivity contribution < 1.29 is 33.7 Å². The minimum atomic E-state index is -1.28. The lowest BCUT2D eigenvalue weighted by Gasteiger charge is -2.40. The molecule has 1 aliphatic carbocycles. The Morgan fingerprint density at radius 3 is 2.38 bits per heavy atom. The average Bonchev–Trinajstić information content (AvgIpc) is 3.70. The van der Waals surface area contributed by atoms with Gasteiger partial charge in [0.2, 0.25) is 0 Å². The Morgan fingerprint density at radius 1 is 1.02 bits per heavy atom. The first-order valence-corrected chi connectivity index (χ1v) is 15.8. The number of aryl methyl sites for hydroxylation is 1. The van der Waals surface area contributed by atoms with E-state index in [4.69, 9.17) is 30.6 Å². The number of aromatic nitrogens is 3. The monoisotopic (exact) mass is 676 g/mol. The summed E-state index contributed by atoms with van der Waals surface area (Å²) in [6, 6.07) is 22.7. The summed E-state index contributed by atoms with van der Waals surface area (Å²) in [5, 5.41) is 20.2. The van der Waals surface area contributed by atoms with Gasteiger partial charge < -0.3 is 24.2 Å². The minimum absolute atomic E-state index is 0.109. The van der Waals surface area contributed by atoms with Gasteiger partial charge in [-0.15, -0.1) is 0 Å². The van der Waals surface area contributed by atoms with Crippen LogP contribution in [0.5, 0.6) is 5.75 Å². The van der Waals surface area contributed by atoms with Gasteiger partial charge in [-0.25, -0.2) is 9.78 Å². The molecule has 3 unspecified atom stereocenters. The van der Waals surface area contributed by atoms with Crippen molar-refractivity contribution >= 4 is 29.3 Å². The molecule has 0 spiro atoms.